The first-order valence-corrected chi connectivity index (χ1v) is 3.59. The van der Waals surface area contributed by atoms with E-state index in [4.69, 9.17) is 10.8 Å². The monoisotopic (exact) mass is 129 g/mol. The second kappa shape index (κ2) is 2.27. The first-order valence-electron chi connectivity index (χ1n) is 3.59. The number of nitrogens with two attached hydrogens (primary N) is 1. The van der Waals surface area contributed by atoms with Crippen molar-refractivity contribution in [1.29, 1.82) is 0 Å². The fourth-order valence-electron chi connectivity index (χ4n) is 1.58. The fraction of sp³-hybridized carbons (Fsp3) is 1.00. The Morgan fingerprint density at radius 2 is 2.22 bits per heavy atom. The van der Waals surface area contributed by atoms with Crippen molar-refractivity contribution in [1.82, 2.24) is 0 Å². The lowest BCUT2D eigenvalue weighted by molar-refractivity contribution is 0.0242. The van der Waals surface area contributed by atoms with E-state index in [0.29, 0.717) is 12.6 Å². The predicted octanol–water partition coefficient (Wildman–Crippen LogP) is 0.496. The highest BCUT2D eigenvalue weighted by Gasteiger charge is 2.39. The van der Waals surface area contributed by atoms with Crippen LogP contribution in [0.1, 0.15) is 26.2 Å². The van der Waals surface area contributed by atoms with E-state index in [9.17, 15) is 0 Å². The Kier molecular flexibility index (Phi) is 1.78. The minimum atomic E-state index is 0.208. The van der Waals surface area contributed by atoms with Crippen LogP contribution in [0.4, 0.5) is 0 Å². The molecule has 0 aromatic carbocycles. The highest BCUT2D eigenvalue weighted by Crippen LogP contribution is 2.42. The molecule has 0 amide bonds. The van der Waals surface area contributed by atoms with Gasteiger partial charge in [-0.15, -0.1) is 0 Å². The van der Waals surface area contributed by atoms with Crippen LogP contribution < -0.4 is 5.73 Å². The van der Waals surface area contributed by atoms with Crippen LogP contribution in [0.5, 0.6) is 0 Å². The molecule has 0 heterocycles. The quantitative estimate of drug-likeness (QED) is 0.570. The molecule has 2 heteroatoms. The molecule has 3 N–H and O–H groups in total. The minimum Gasteiger partial charge on any atom is -0.396 e. The van der Waals surface area contributed by atoms with E-state index in [0.717, 1.165) is 19.3 Å². The molecule has 0 aromatic rings. The van der Waals surface area contributed by atoms with E-state index in [1.165, 1.54) is 0 Å². The lowest BCUT2D eigenvalue weighted by Crippen LogP contribution is -2.47. The predicted molar refractivity (Wildman–Crippen MR) is 37.0 cm³/mol. The summed E-state index contributed by atoms with van der Waals surface area (Å²) in [4.78, 5) is 0. The molecule has 9 heavy (non-hydrogen) atoms. The Morgan fingerprint density at radius 1 is 1.67 bits per heavy atom. The minimum absolute atomic E-state index is 0.208. The summed E-state index contributed by atoms with van der Waals surface area (Å²) in [6.07, 6.45) is 3.09. The lowest BCUT2D eigenvalue weighted by Gasteiger charge is -2.44. The number of aliphatic hydroxyl groups is 1. The van der Waals surface area contributed by atoms with Crippen molar-refractivity contribution in [2.75, 3.05) is 6.61 Å². The van der Waals surface area contributed by atoms with E-state index >= 15 is 0 Å². The molecule has 0 atom stereocenters. The van der Waals surface area contributed by atoms with Gasteiger partial charge < -0.3 is 10.8 Å². The smallest absolute Gasteiger partial charge is 0.0488 e. The van der Waals surface area contributed by atoms with E-state index < -0.39 is 0 Å². The van der Waals surface area contributed by atoms with Crippen molar-refractivity contribution in [3.8, 4) is 0 Å². The summed E-state index contributed by atoms with van der Waals surface area (Å²) in [6.45, 7) is 2.43. The van der Waals surface area contributed by atoms with E-state index in [1.807, 2.05) is 0 Å². The van der Waals surface area contributed by atoms with Crippen LogP contribution in [0.3, 0.4) is 0 Å². The second-order valence-electron chi connectivity index (χ2n) is 3.18. The Labute approximate surface area is 56.1 Å². The van der Waals surface area contributed by atoms with Crippen LogP contribution in [0, 0.1) is 5.41 Å². The standard InChI is InChI=1S/C7H15NO/c1-2-7(5-9)3-6(8)4-7/h6,9H,2-5,8H2,1H3/t6-,7-. The Balaban J connectivity index is 2.36. The van der Waals surface area contributed by atoms with Gasteiger partial charge in [0.05, 0.1) is 0 Å². The Morgan fingerprint density at radius 3 is 2.33 bits per heavy atom. The number of hydrogen-bond acceptors (Lipinski definition) is 2. The molecule has 0 unspecified atom stereocenters. The molecule has 0 bridgehead atoms. The lowest BCUT2D eigenvalue weighted by atomic mass is 9.65. The van der Waals surface area contributed by atoms with Crippen LogP contribution in [-0.4, -0.2) is 17.8 Å². The summed E-state index contributed by atoms with van der Waals surface area (Å²) < 4.78 is 0. The van der Waals surface area contributed by atoms with Gasteiger partial charge >= 0.3 is 0 Å². The van der Waals surface area contributed by atoms with Gasteiger partial charge in [-0.3, -0.25) is 0 Å². The van der Waals surface area contributed by atoms with Gasteiger partial charge in [0.2, 0.25) is 0 Å². The molecule has 1 aliphatic carbocycles. The zero-order chi connectivity index (χ0) is 6.91. The van der Waals surface area contributed by atoms with Crippen LogP contribution in [0.2, 0.25) is 0 Å². The van der Waals surface area contributed by atoms with Gasteiger partial charge in [0.15, 0.2) is 0 Å². The van der Waals surface area contributed by atoms with Crippen LogP contribution in [-0.2, 0) is 0 Å². The largest absolute Gasteiger partial charge is 0.396 e. The van der Waals surface area contributed by atoms with Gasteiger partial charge in [-0.1, -0.05) is 6.92 Å². The maximum atomic E-state index is 8.90. The molecule has 0 aliphatic heterocycles. The highest BCUT2D eigenvalue weighted by atomic mass is 16.3. The number of rotatable bonds is 2. The molecule has 54 valence electrons. The van der Waals surface area contributed by atoms with Crippen molar-refractivity contribution in [3.05, 3.63) is 0 Å². The van der Waals surface area contributed by atoms with Crippen LogP contribution in [0.15, 0.2) is 0 Å². The maximum Gasteiger partial charge on any atom is 0.0488 e. The first kappa shape index (κ1) is 7.03. The normalized spacial score (nSPS) is 42.3. The summed E-state index contributed by atoms with van der Waals surface area (Å²) >= 11 is 0. The summed E-state index contributed by atoms with van der Waals surface area (Å²) in [7, 11) is 0. The topological polar surface area (TPSA) is 46.2 Å². The third-order valence-corrected chi connectivity index (χ3v) is 2.48. The van der Waals surface area contributed by atoms with Gasteiger partial charge in [-0.05, 0) is 24.7 Å². The van der Waals surface area contributed by atoms with Crippen molar-refractivity contribution in [2.24, 2.45) is 11.1 Å². The molecule has 0 radical (unpaired) electrons. The van der Waals surface area contributed by atoms with Crippen LogP contribution >= 0.6 is 0 Å². The maximum absolute atomic E-state index is 8.90. The van der Waals surface area contributed by atoms with Gasteiger partial charge in [0, 0.05) is 12.6 Å². The molecule has 2 nitrogen and oxygen atoms in total. The fourth-order valence-corrected chi connectivity index (χ4v) is 1.58. The summed E-state index contributed by atoms with van der Waals surface area (Å²) in [5.74, 6) is 0. The summed E-state index contributed by atoms with van der Waals surface area (Å²) in [5, 5.41) is 8.90. The zero-order valence-electron chi connectivity index (χ0n) is 5.93. The molecular weight excluding hydrogens is 114 g/mol. The van der Waals surface area contributed by atoms with E-state index in [2.05, 4.69) is 6.92 Å². The third kappa shape index (κ3) is 1.10. The average molecular weight is 129 g/mol. The molecule has 1 aliphatic rings. The van der Waals surface area contributed by atoms with Gasteiger partial charge in [-0.25, -0.2) is 0 Å². The number of aliphatic hydroxyl groups excluding tert-OH is 1. The van der Waals surface area contributed by atoms with Gasteiger partial charge in [0.25, 0.3) is 0 Å². The summed E-state index contributed by atoms with van der Waals surface area (Å²) in [6, 6.07) is 0.358. The van der Waals surface area contributed by atoms with E-state index in [-0.39, 0.29) is 5.41 Å². The molecule has 1 fully saturated rings. The summed E-state index contributed by atoms with van der Waals surface area (Å²) in [5.41, 5.74) is 5.80. The van der Waals surface area contributed by atoms with Crippen molar-refractivity contribution in [3.63, 3.8) is 0 Å². The second-order valence-corrected chi connectivity index (χ2v) is 3.18. The number of hydrogen-bond donors (Lipinski definition) is 2. The van der Waals surface area contributed by atoms with Gasteiger partial charge in [-0.2, -0.15) is 0 Å². The molecule has 0 spiro atoms. The molecule has 1 saturated carbocycles. The Hall–Kier alpha value is -0.0800. The molecule has 0 saturated heterocycles. The highest BCUT2D eigenvalue weighted by molar-refractivity contribution is 4.94. The third-order valence-electron chi connectivity index (χ3n) is 2.48. The van der Waals surface area contributed by atoms with Crippen molar-refractivity contribution < 1.29 is 5.11 Å². The Bertz CT molecular complexity index is 91.1. The van der Waals surface area contributed by atoms with Gasteiger partial charge in [0.1, 0.15) is 0 Å². The first-order chi connectivity index (χ1) is 4.22. The SMILES string of the molecule is CC[C@]1(CO)C[C@H](N)C1. The molecule has 1 rings (SSSR count). The molecular formula is C7H15NO. The van der Waals surface area contributed by atoms with Crippen molar-refractivity contribution >= 4 is 0 Å². The van der Waals surface area contributed by atoms with Crippen molar-refractivity contribution in [2.45, 2.75) is 32.2 Å². The van der Waals surface area contributed by atoms with E-state index in [1.54, 1.807) is 0 Å². The zero-order valence-corrected chi connectivity index (χ0v) is 5.93. The molecule has 0 aromatic heterocycles. The average Bonchev–Trinajstić information content (AvgIpc) is 1.81. The van der Waals surface area contributed by atoms with Crippen LogP contribution in [0.25, 0.3) is 0 Å².